The number of amides is 1. The van der Waals surface area contributed by atoms with Crippen LogP contribution in [-0.2, 0) is 19.1 Å². The minimum atomic E-state index is -1.42. The molecule has 2 aromatic rings. The zero-order valence-corrected chi connectivity index (χ0v) is 19.7. The van der Waals surface area contributed by atoms with Gasteiger partial charge in [-0.05, 0) is 44.4 Å². The summed E-state index contributed by atoms with van der Waals surface area (Å²) in [7, 11) is 1.41. The highest BCUT2D eigenvalue weighted by Crippen LogP contribution is 2.33. The maximum Gasteiger partial charge on any atom is 0.308 e. The van der Waals surface area contributed by atoms with E-state index in [2.05, 4.69) is 32.1 Å². The van der Waals surface area contributed by atoms with Gasteiger partial charge in [0.15, 0.2) is 23.8 Å². The number of aliphatic hydroxyl groups is 2. The predicted octanol–water partition coefficient (Wildman–Crippen LogP) is -0.115. The summed E-state index contributed by atoms with van der Waals surface area (Å²) in [4.78, 5) is 36.7. The van der Waals surface area contributed by atoms with Crippen molar-refractivity contribution in [2.24, 2.45) is 11.8 Å². The molecule has 3 heterocycles. The third-order valence-corrected chi connectivity index (χ3v) is 6.54. The van der Waals surface area contributed by atoms with Gasteiger partial charge in [0.2, 0.25) is 5.82 Å². The highest BCUT2D eigenvalue weighted by atomic mass is 16.6. The third-order valence-electron chi connectivity index (χ3n) is 6.54. The van der Waals surface area contributed by atoms with E-state index in [4.69, 9.17) is 15.2 Å². The van der Waals surface area contributed by atoms with Crippen molar-refractivity contribution in [1.29, 1.82) is 0 Å². The van der Waals surface area contributed by atoms with Crippen molar-refractivity contribution >= 4 is 28.9 Å². The molecule has 2 aromatic heterocycles. The first-order valence-electron chi connectivity index (χ1n) is 11.7. The number of nitrogen functional groups attached to an aromatic ring is 1. The number of nitrogens with two attached hydrogens (primary N) is 1. The van der Waals surface area contributed by atoms with Crippen LogP contribution in [0.25, 0.3) is 11.2 Å². The number of hydrogen-bond donors (Lipinski definition) is 4. The van der Waals surface area contributed by atoms with Crippen LogP contribution in [0.1, 0.15) is 51.1 Å². The van der Waals surface area contributed by atoms with E-state index < -0.39 is 30.4 Å². The van der Waals surface area contributed by atoms with Crippen molar-refractivity contribution in [3.05, 3.63) is 12.2 Å². The second kappa shape index (κ2) is 10.6. The van der Waals surface area contributed by atoms with Crippen LogP contribution in [0.2, 0.25) is 0 Å². The predicted molar refractivity (Wildman–Crippen MR) is 123 cm³/mol. The average Bonchev–Trinajstić information content (AvgIpc) is 3.40. The maximum atomic E-state index is 12.2. The zero-order chi connectivity index (χ0) is 25.1. The molecule has 12 nitrogen and oxygen atoms in total. The van der Waals surface area contributed by atoms with Crippen LogP contribution in [-0.4, -0.2) is 73.6 Å². The van der Waals surface area contributed by atoms with Crippen LogP contribution in [0.15, 0.2) is 6.33 Å². The van der Waals surface area contributed by atoms with E-state index in [9.17, 15) is 19.8 Å². The summed E-state index contributed by atoms with van der Waals surface area (Å²) in [5.41, 5.74) is 6.63. The van der Waals surface area contributed by atoms with E-state index >= 15 is 0 Å². The average molecular weight is 487 g/mol. The lowest BCUT2D eigenvalue weighted by Gasteiger charge is -2.25. The van der Waals surface area contributed by atoms with Crippen LogP contribution < -0.4 is 11.1 Å². The van der Waals surface area contributed by atoms with Gasteiger partial charge in [-0.3, -0.25) is 14.2 Å². The van der Waals surface area contributed by atoms with Gasteiger partial charge in [-0.25, -0.2) is 15.0 Å². The summed E-state index contributed by atoms with van der Waals surface area (Å²) >= 11 is 0. The number of carbonyl (C=O) groups excluding carboxylic acids is 2. The number of methoxy groups -OCH3 is 1. The number of likely N-dealkylation sites (N-methyl/N-ethyl adjacent to an activating group) is 1. The smallest absolute Gasteiger partial charge is 0.308 e. The molecule has 0 bridgehead atoms. The lowest BCUT2D eigenvalue weighted by Crippen LogP contribution is -2.42. The number of nitrogens with one attached hydrogen (secondary N) is 1. The molecule has 0 spiro atoms. The van der Waals surface area contributed by atoms with Gasteiger partial charge in [0, 0.05) is 13.0 Å². The Morgan fingerprint density at radius 3 is 2.69 bits per heavy atom. The number of aromatic nitrogens is 4. The number of hydrogen-bond acceptors (Lipinski definition) is 10. The molecule has 5 N–H and O–H groups in total. The molecule has 0 aromatic carbocycles. The number of ether oxygens (including phenoxy) is 2. The van der Waals surface area contributed by atoms with Gasteiger partial charge >= 0.3 is 5.97 Å². The minimum Gasteiger partial charge on any atom is -0.469 e. The third kappa shape index (κ3) is 5.07. The molecule has 1 saturated carbocycles. The fraction of sp³-hybridized carbons (Fsp3) is 0.609. The Hall–Kier alpha value is -3.27. The molecular formula is C23H30N6O6. The minimum absolute atomic E-state index is 0.0330. The summed E-state index contributed by atoms with van der Waals surface area (Å²) in [6, 6.07) is 0. The number of carbonyl (C=O) groups is 2. The number of fused-ring (bicyclic) bond motifs is 1. The number of esters is 1. The van der Waals surface area contributed by atoms with Crippen molar-refractivity contribution in [2.45, 2.75) is 63.6 Å². The summed E-state index contributed by atoms with van der Waals surface area (Å²) in [6.45, 7) is 2.10. The molecular weight excluding hydrogens is 456 g/mol. The lowest BCUT2D eigenvalue weighted by molar-refractivity contribution is -0.146. The number of anilines is 1. The second-order valence-corrected chi connectivity index (χ2v) is 8.83. The van der Waals surface area contributed by atoms with Gasteiger partial charge in [-0.1, -0.05) is 5.92 Å². The Bertz CT molecular complexity index is 1150. The Labute approximate surface area is 202 Å². The zero-order valence-electron chi connectivity index (χ0n) is 19.7. The molecule has 188 valence electrons. The van der Waals surface area contributed by atoms with Crippen molar-refractivity contribution in [3.63, 3.8) is 0 Å². The van der Waals surface area contributed by atoms with Crippen LogP contribution in [0, 0.1) is 23.7 Å². The van der Waals surface area contributed by atoms with Crippen molar-refractivity contribution in [2.75, 3.05) is 19.4 Å². The topological polar surface area (TPSA) is 175 Å². The molecule has 0 unspecified atom stereocenters. The van der Waals surface area contributed by atoms with Crippen molar-refractivity contribution in [1.82, 2.24) is 24.8 Å². The number of aliphatic hydroxyl groups excluding tert-OH is 2. The summed E-state index contributed by atoms with van der Waals surface area (Å²) < 4.78 is 11.9. The van der Waals surface area contributed by atoms with Crippen molar-refractivity contribution < 1.29 is 29.3 Å². The second-order valence-electron chi connectivity index (χ2n) is 8.83. The summed E-state index contributed by atoms with van der Waals surface area (Å²) in [5, 5.41) is 23.4. The summed E-state index contributed by atoms with van der Waals surface area (Å²) in [5.74, 6) is 6.02. The standard InChI is InChI=1S/C23H30N6O6/c1-3-25-21(32)18-16(30)17(31)22(35-18)29-11-26-15-19(24)27-14(28-20(15)29)6-4-5-12-7-9-13(10-8-12)23(33)34-2/h11-13,16-18,22,30-31H,3,5,7-10H2,1-2H3,(H,25,32)(H2,24,27,28)/t12?,13?,16-,17-,18-,22+/m0/s1. The number of imidazole rings is 1. The fourth-order valence-electron chi connectivity index (χ4n) is 4.60. The van der Waals surface area contributed by atoms with Gasteiger partial charge in [-0.15, -0.1) is 0 Å². The van der Waals surface area contributed by atoms with Gasteiger partial charge in [0.25, 0.3) is 5.91 Å². The largest absolute Gasteiger partial charge is 0.469 e. The molecule has 2 fully saturated rings. The van der Waals surface area contributed by atoms with Gasteiger partial charge in [-0.2, -0.15) is 0 Å². The van der Waals surface area contributed by atoms with Crippen LogP contribution in [0.3, 0.4) is 0 Å². The van der Waals surface area contributed by atoms with Gasteiger partial charge in [0.1, 0.15) is 17.7 Å². The lowest BCUT2D eigenvalue weighted by atomic mass is 9.81. The van der Waals surface area contributed by atoms with Crippen molar-refractivity contribution in [3.8, 4) is 11.8 Å². The van der Waals surface area contributed by atoms with Crippen LogP contribution in [0.4, 0.5) is 5.82 Å². The Morgan fingerprint density at radius 1 is 1.26 bits per heavy atom. The SMILES string of the molecule is CCNC(=O)[C@H]1O[C@@H](n2cnc3c(N)nc(C#CCC4CCC(C(=O)OC)CC4)nc32)[C@@H](O)[C@@H]1O. The fourth-order valence-corrected chi connectivity index (χ4v) is 4.60. The molecule has 1 saturated heterocycles. The van der Waals surface area contributed by atoms with E-state index in [0.29, 0.717) is 24.4 Å². The van der Waals surface area contributed by atoms with Crippen LogP contribution in [0.5, 0.6) is 0 Å². The van der Waals surface area contributed by atoms with E-state index in [0.717, 1.165) is 25.7 Å². The Balaban J connectivity index is 1.49. The first-order valence-corrected chi connectivity index (χ1v) is 11.7. The van der Waals surface area contributed by atoms with E-state index in [1.807, 2.05) is 0 Å². The molecule has 1 aliphatic carbocycles. The first kappa shape index (κ1) is 24.8. The number of nitrogens with zero attached hydrogens (tertiary/aromatic N) is 4. The first-order chi connectivity index (χ1) is 16.8. The van der Waals surface area contributed by atoms with Crippen LogP contribution >= 0.6 is 0 Å². The molecule has 1 amide bonds. The highest BCUT2D eigenvalue weighted by Gasteiger charge is 2.47. The molecule has 1 aliphatic heterocycles. The highest BCUT2D eigenvalue weighted by molar-refractivity contribution is 5.83. The monoisotopic (exact) mass is 486 g/mol. The number of rotatable bonds is 5. The van der Waals surface area contributed by atoms with E-state index in [1.165, 1.54) is 18.0 Å². The molecule has 35 heavy (non-hydrogen) atoms. The van der Waals surface area contributed by atoms with E-state index in [-0.39, 0.29) is 29.2 Å². The Morgan fingerprint density at radius 2 is 2.00 bits per heavy atom. The summed E-state index contributed by atoms with van der Waals surface area (Å²) in [6.07, 6.45) is 0.253. The molecule has 4 atom stereocenters. The molecule has 0 radical (unpaired) electrons. The molecule has 4 rings (SSSR count). The van der Waals surface area contributed by atoms with Gasteiger partial charge < -0.3 is 30.7 Å². The van der Waals surface area contributed by atoms with Gasteiger partial charge in [0.05, 0.1) is 19.4 Å². The Kier molecular flexibility index (Phi) is 7.49. The van der Waals surface area contributed by atoms with E-state index in [1.54, 1.807) is 6.92 Å². The molecule has 2 aliphatic rings. The quantitative estimate of drug-likeness (QED) is 0.329. The molecule has 12 heteroatoms. The maximum absolute atomic E-state index is 12.2. The normalized spacial score (nSPS) is 28.3.